The molecule has 3 heteroatoms. The maximum absolute atomic E-state index is 5.65. The monoisotopic (exact) mass is 189 g/mol. The lowest BCUT2D eigenvalue weighted by Gasteiger charge is -2.13. The van der Waals surface area contributed by atoms with Crippen molar-refractivity contribution in [3.05, 3.63) is 23.3 Å². The Morgan fingerprint density at radius 2 is 2.07 bits per heavy atom. The van der Waals surface area contributed by atoms with Gasteiger partial charge in [-0.05, 0) is 32.4 Å². The molecule has 0 amide bonds. The van der Waals surface area contributed by atoms with Crippen molar-refractivity contribution < 1.29 is 4.74 Å². The van der Waals surface area contributed by atoms with Crippen molar-refractivity contribution in [3.8, 4) is 5.75 Å². The molecule has 1 radical (unpaired) electrons. The molecular formula is C11H13N2O. The quantitative estimate of drug-likeness (QED) is 0.703. The number of rotatable bonds is 2. The predicted molar refractivity (Wildman–Crippen MR) is 56.3 cm³/mol. The minimum Gasteiger partial charge on any atom is -0.491 e. The summed E-state index contributed by atoms with van der Waals surface area (Å²) in [4.78, 5) is 0. The average Bonchev–Trinajstić information content (AvgIpc) is 2.51. The zero-order chi connectivity index (χ0) is 10.1. The molecule has 3 nitrogen and oxygen atoms in total. The highest BCUT2D eigenvalue weighted by Crippen LogP contribution is 2.29. The molecule has 0 saturated heterocycles. The van der Waals surface area contributed by atoms with E-state index in [1.54, 1.807) is 6.21 Å². The average molecular weight is 189 g/mol. The molecule has 1 aromatic rings. The van der Waals surface area contributed by atoms with Gasteiger partial charge in [0.2, 0.25) is 0 Å². The van der Waals surface area contributed by atoms with E-state index in [9.17, 15) is 0 Å². The van der Waals surface area contributed by atoms with Gasteiger partial charge >= 0.3 is 0 Å². The lowest BCUT2D eigenvalue weighted by Crippen LogP contribution is -2.07. The standard InChI is InChI=1S/C11H13N2O/c1-7(2)14-11-5-10-9(4-8(11)3)6-12-13-10/h4-7H,1-3H3. The zero-order valence-corrected chi connectivity index (χ0v) is 8.61. The minimum atomic E-state index is 0.189. The van der Waals surface area contributed by atoms with Crippen LogP contribution in [0.1, 0.15) is 25.0 Å². The number of benzene rings is 1. The molecular weight excluding hydrogens is 176 g/mol. The molecule has 0 fully saturated rings. The van der Waals surface area contributed by atoms with Gasteiger partial charge in [-0.1, -0.05) is 0 Å². The van der Waals surface area contributed by atoms with Gasteiger partial charge in [0, 0.05) is 11.6 Å². The molecule has 1 heterocycles. The summed E-state index contributed by atoms with van der Waals surface area (Å²) in [5.74, 6) is 0.896. The number of ether oxygens (including phenoxy) is 1. The van der Waals surface area contributed by atoms with Crippen molar-refractivity contribution in [2.75, 3.05) is 0 Å². The summed E-state index contributed by atoms with van der Waals surface area (Å²) in [6.45, 7) is 6.06. The number of fused-ring (bicyclic) bond motifs is 1. The van der Waals surface area contributed by atoms with Gasteiger partial charge in [0.15, 0.2) is 0 Å². The normalized spacial score (nSPS) is 12.9. The van der Waals surface area contributed by atoms with Crippen LogP contribution in [0.5, 0.6) is 5.75 Å². The minimum absolute atomic E-state index is 0.189. The van der Waals surface area contributed by atoms with Gasteiger partial charge in [0.25, 0.3) is 0 Å². The van der Waals surface area contributed by atoms with Crippen molar-refractivity contribution in [2.24, 2.45) is 5.10 Å². The summed E-state index contributed by atoms with van der Waals surface area (Å²) < 4.78 is 5.65. The van der Waals surface area contributed by atoms with Gasteiger partial charge in [-0.25, -0.2) is 0 Å². The van der Waals surface area contributed by atoms with Crippen LogP contribution in [0, 0.1) is 6.92 Å². The summed E-state index contributed by atoms with van der Waals surface area (Å²) >= 11 is 0. The van der Waals surface area contributed by atoms with Gasteiger partial charge in [-0.2, -0.15) is 10.5 Å². The number of nitrogens with zero attached hydrogens (tertiary/aromatic N) is 2. The SMILES string of the molecule is Cc1cc2c(cc1OC(C)C)[N]N=C2. The highest BCUT2D eigenvalue weighted by molar-refractivity contribution is 5.90. The van der Waals surface area contributed by atoms with Crippen LogP contribution in [0.4, 0.5) is 5.69 Å². The second-order valence-corrected chi connectivity index (χ2v) is 3.69. The second-order valence-electron chi connectivity index (χ2n) is 3.69. The summed E-state index contributed by atoms with van der Waals surface area (Å²) in [5, 5.41) is 3.86. The Bertz CT molecular complexity index is 383. The van der Waals surface area contributed by atoms with Crippen molar-refractivity contribution in [1.29, 1.82) is 0 Å². The fourth-order valence-corrected chi connectivity index (χ4v) is 1.42. The molecule has 0 N–H and O–H groups in total. The topological polar surface area (TPSA) is 35.7 Å². The first-order valence-corrected chi connectivity index (χ1v) is 4.72. The van der Waals surface area contributed by atoms with Gasteiger partial charge in [0.1, 0.15) is 5.75 Å². The Kier molecular flexibility index (Phi) is 2.15. The summed E-state index contributed by atoms with van der Waals surface area (Å²) in [5.41, 5.74) is 7.09. The van der Waals surface area contributed by atoms with Gasteiger partial charge in [-0.15, -0.1) is 0 Å². The molecule has 73 valence electrons. The van der Waals surface area contributed by atoms with Crippen LogP contribution < -0.4 is 10.2 Å². The fourth-order valence-electron chi connectivity index (χ4n) is 1.42. The third-order valence-electron chi connectivity index (χ3n) is 2.05. The molecule has 2 rings (SSSR count). The number of aryl methyl sites for hydroxylation is 1. The summed E-state index contributed by atoms with van der Waals surface area (Å²) in [7, 11) is 0. The van der Waals surface area contributed by atoms with Crippen LogP contribution in [-0.4, -0.2) is 12.3 Å². The zero-order valence-electron chi connectivity index (χ0n) is 8.61. The second kappa shape index (κ2) is 3.33. The van der Waals surface area contributed by atoms with E-state index in [0.29, 0.717) is 0 Å². The summed E-state index contributed by atoms with van der Waals surface area (Å²) in [6, 6.07) is 3.99. The maximum Gasteiger partial charge on any atom is 0.124 e. The van der Waals surface area contributed by atoms with E-state index in [4.69, 9.17) is 4.74 Å². The van der Waals surface area contributed by atoms with E-state index in [1.165, 1.54) is 0 Å². The fraction of sp³-hybridized carbons (Fsp3) is 0.364. The van der Waals surface area contributed by atoms with E-state index in [1.807, 2.05) is 32.9 Å². The highest BCUT2D eigenvalue weighted by Gasteiger charge is 2.12. The molecule has 1 aromatic carbocycles. The van der Waals surface area contributed by atoms with Crippen LogP contribution in [-0.2, 0) is 0 Å². The van der Waals surface area contributed by atoms with E-state index >= 15 is 0 Å². The Hall–Kier alpha value is -1.51. The van der Waals surface area contributed by atoms with Crippen molar-refractivity contribution in [1.82, 2.24) is 5.43 Å². The van der Waals surface area contributed by atoms with Gasteiger partial charge in [-0.3, -0.25) is 0 Å². The molecule has 0 spiro atoms. The lowest BCUT2D eigenvalue weighted by molar-refractivity contribution is 0.241. The first kappa shape index (κ1) is 9.06. The van der Waals surface area contributed by atoms with Crippen molar-refractivity contribution in [3.63, 3.8) is 0 Å². The van der Waals surface area contributed by atoms with Crippen molar-refractivity contribution in [2.45, 2.75) is 26.9 Å². The number of hydrogen-bond acceptors (Lipinski definition) is 2. The first-order valence-electron chi connectivity index (χ1n) is 4.72. The largest absolute Gasteiger partial charge is 0.491 e. The molecule has 0 atom stereocenters. The first-order chi connectivity index (χ1) is 6.66. The molecule has 1 aliphatic heterocycles. The lowest BCUT2D eigenvalue weighted by atomic mass is 10.1. The smallest absolute Gasteiger partial charge is 0.124 e. The highest BCUT2D eigenvalue weighted by atomic mass is 16.5. The Labute approximate surface area is 83.8 Å². The third kappa shape index (κ3) is 1.58. The van der Waals surface area contributed by atoms with E-state index in [-0.39, 0.29) is 6.10 Å². The Balaban J connectivity index is 2.35. The van der Waals surface area contributed by atoms with Crippen LogP contribution in [0.2, 0.25) is 0 Å². The van der Waals surface area contributed by atoms with Crippen molar-refractivity contribution >= 4 is 11.9 Å². The molecule has 0 unspecified atom stereocenters. The molecule has 0 aliphatic carbocycles. The van der Waals surface area contributed by atoms with E-state index in [2.05, 4.69) is 10.5 Å². The third-order valence-corrected chi connectivity index (χ3v) is 2.05. The summed E-state index contributed by atoms with van der Waals surface area (Å²) in [6.07, 6.45) is 1.95. The van der Waals surface area contributed by atoms with Crippen LogP contribution in [0.15, 0.2) is 17.2 Å². The van der Waals surface area contributed by atoms with Crippen LogP contribution >= 0.6 is 0 Å². The van der Waals surface area contributed by atoms with Gasteiger partial charge in [0.05, 0.1) is 18.0 Å². The molecule has 0 saturated carbocycles. The van der Waals surface area contributed by atoms with Gasteiger partial charge < -0.3 is 4.74 Å². The van der Waals surface area contributed by atoms with Crippen LogP contribution in [0.3, 0.4) is 0 Å². The predicted octanol–water partition coefficient (Wildman–Crippen LogP) is 2.37. The molecule has 14 heavy (non-hydrogen) atoms. The molecule has 0 aromatic heterocycles. The van der Waals surface area contributed by atoms with E-state index in [0.717, 1.165) is 22.6 Å². The maximum atomic E-state index is 5.65. The Morgan fingerprint density at radius 3 is 2.79 bits per heavy atom. The molecule has 0 bridgehead atoms. The van der Waals surface area contributed by atoms with E-state index < -0.39 is 0 Å². The Morgan fingerprint density at radius 1 is 1.29 bits per heavy atom. The molecule has 1 aliphatic rings. The van der Waals surface area contributed by atoms with Crippen LogP contribution in [0.25, 0.3) is 0 Å². The number of hydrogen-bond donors (Lipinski definition) is 0.